The fourth-order valence-corrected chi connectivity index (χ4v) is 2.56. The lowest BCUT2D eigenvalue weighted by Crippen LogP contribution is -2.24. The van der Waals surface area contributed by atoms with Gasteiger partial charge in [0.15, 0.2) is 0 Å². The summed E-state index contributed by atoms with van der Waals surface area (Å²) < 4.78 is 0. The molecule has 23 heavy (non-hydrogen) atoms. The quantitative estimate of drug-likeness (QED) is 0.842. The molecule has 0 aliphatic carbocycles. The minimum absolute atomic E-state index is 0.154. The molecule has 0 atom stereocenters. The number of hydrogen-bond donors (Lipinski definition) is 1. The molecule has 0 saturated carbocycles. The molecule has 1 aliphatic rings. The van der Waals surface area contributed by atoms with Crippen molar-refractivity contribution in [3.8, 4) is 0 Å². The molecular weight excluding hydrogens is 284 g/mol. The summed E-state index contributed by atoms with van der Waals surface area (Å²) in [6.07, 6.45) is 1.85. The molecule has 0 spiro atoms. The van der Waals surface area contributed by atoms with Gasteiger partial charge < -0.3 is 5.32 Å². The van der Waals surface area contributed by atoms with E-state index >= 15 is 0 Å². The molecule has 2 aromatic rings. The van der Waals surface area contributed by atoms with E-state index in [1.54, 1.807) is 0 Å². The Morgan fingerprint density at radius 2 is 1.65 bits per heavy atom. The molecule has 1 aliphatic heterocycles. The van der Waals surface area contributed by atoms with Gasteiger partial charge in [-0.15, -0.1) is 0 Å². The smallest absolute Gasteiger partial charge is 0.275 e. The summed E-state index contributed by atoms with van der Waals surface area (Å²) in [6, 6.07) is 12.3. The lowest BCUT2D eigenvalue weighted by molar-refractivity contribution is -0.115. The third kappa shape index (κ3) is 3.09. The number of nitrogens with one attached hydrogen (secondary N) is 1. The van der Waals surface area contributed by atoms with Crippen molar-refractivity contribution in [2.75, 3.05) is 0 Å². The fourth-order valence-electron chi connectivity index (χ4n) is 2.56. The van der Waals surface area contributed by atoms with E-state index in [0.29, 0.717) is 11.5 Å². The van der Waals surface area contributed by atoms with Gasteiger partial charge in [0, 0.05) is 5.56 Å². The van der Waals surface area contributed by atoms with Crippen LogP contribution >= 0.6 is 0 Å². The molecular formula is C20H20N2O. The SMILES string of the molecule is Cc1ccc(C)c(/C=C2/N=C(c3ccc(C)c(C)c3)NC2=O)c1. The van der Waals surface area contributed by atoms with Crippen LogP contribution in [0.2, 0.25) is 0 Å². The summed E-state index contributed by atoms with van der Waals surface area (Å²) in [6.45, 7) is 8.20. The van der Waals surface area contributed by atoms with Gasteiger partial charge in [-0.25, -0.2) is 4.99 Å². The molecule has 3 rings (SSSR count). The van der Waals surface area contributed by atoms with Gasteiger partial charge in [0.05, 0.1) is 0 Å². The predicted molar refractivity (Wildman–Crippen MR) is 94.5 cm³/mol. The van der Waals surface area contributed by atoms with Gasteiger partial charge in [0.1, 0.15) is 11.5 Å². The monoisotopic (exact) mass is 304 g/mol. The van der Waals surface area contributed by atoms with Crippen LogP contribution in [0, 0.1) is 27.7 Å². The van der Waals surface area contributed by atoms with Gasteiger partial charge in [0.2, 0.25) is 0 Å². The van der Waals surface area contributed by atoms with Crippen molar-refractivity contribution in [1.82, 2.24) is 5.32 Å². The van der Waals surface area contributed by atoms with Gasteiger partial charge in [-0.05, 0) is 62.1 Å². The number of hydrogen-bond acceptors (Lipinski definition) is 2. The number of amidine groups is 1. The maximum atomic E-state index is 12.2. The highest BCUT2D eigenvalue weighted by Gasteiger charge is 2.21. The Morgan fingerprint density at radius 1 is 0.913 bits per heavy atom. The van der Waals surface area contributed by atoms with Crippen molar-refractivity contribution in [1.29, 1.82) is 0 Å². The predicted octanol–water partition coefficient (Wildman–Crippen LogP) is 3.84. The Kier molecular flexibility index (Phi) is 3.87. The number of carbonyl (C=O) groups excluding carboxylic acids is 1. The zero-order valence-electron chi connectivity index (χ0n) is 13.9. The average molecular weight is 304 g/mol. The summed E-state index contributed by atoms with van der Waals surface area (Å²) >= 11 is 0. The van der Waals surface area contributed by atoms with Crippen LogP contribution in [0.4, 0.5) is 0 Å². The lowest BCUT2D eigenvalue weighted by Gasteiger charge is -2.04. The maximum absolute atomic E-state index is 12.2. The summed E-state index contributed by atoms with van der Waals surface area (Å²) in [4.78, 5) is 16.7. The zero-order chi connectivity index (χ0) is 16.6. The van der Waals surface area contributed by atoms with Crippen LogP contribution in [0.5, 0.6) is 0 Å². The summed E-state index contributed by atoms with van der Waals surface area (Å²) in [5.41, 5.74) is 7.12. The van der Waals surface area contributed by atoms with E-state index in [1.807, 2.05) is 32.1 Å². The van der Waals surface area contributed by atoms with Crippen molar-refractivity contribution in [3.63, 3.8) is 0 Å². The topological polar surface area (TPSA) is 41.5 Å². The van der Waals surface area contributed by atoms with Gasteiger partial charge >= 0.3 is 0 Å². The standard InChI is InChI=1S/C20H20N2O/c1-12-5-6-14(3)17(9-12)11-18-20(23)22-19(21-18)16-8-7-13(2)15(4)10-16/h5-11H,1-4H3,(H,21,22,23)/b18-11+. The van der Waals surface area contributed by atoms with E-state index in [4.69, 9.17) is 0 Å². The normalized spacial score (nSPS) is 15.7. The molecule has 0 unspecified atom stereocenters. The van der Waals surface area contributed by atoms with Gasteiger partial charge in [-0.3, -0.25) is 4.79 Å². The number of carbonyl (C=O) groups is 1. The van der Waals surface area contributed by atoms with Crippen LogP contribution in [-0.2, 0) is 4.79 Å². The largest absolute Gasteiger partial charge is 0.305 e. The molecule has 0 bridgehead atoms. The molecule has 1 heterocycles. The number of nitrogens with zero attached hydrogens (tertiary/aromatic N) is 1. The molecule has 0 saturated heterocycles. The van der Waals surface area contributed by atoms with E-state index in [1.165, 1.54) is 16.7 Å². The molecule has 0 aromatic heterocycles. The first-order valence-corrected chi connectivity index (χ1v) is 7.70. The third-order valence-electron chi connectivity index (χ3n) is 4.20. The Labute approximate surface area is 136 Å². The van der Waals surface area contributed by atoms with Crippen molar-refractivity contribution in [2.45, 2.75) is 27.7 Å². The Balaban J connectivity index is 1.99. The second-order valence-electron chi connectivity index (χ2n) is 6.10. The van der Waals surface area contributed by atoms with Crippen LogP contribution in [0.25, 0.3) is 6.08 Å². The minimum Gasteiger partial charge on any atom is -0.305 e. The zero-order valence-corrected chi connectivity index (χ0v) is 13.9. The first-order valence-electron chi connectivity index (χ1n) is 7.70. The molecule has 0 radical (unpaired) electrons. The number of aliphatic imine (C=N–C) groups is 1. The Hall–Kier alpha value is -2.68. The number of aryl methyl sites for hydroxylation is 4. The van der Waals surface area contributed by atoms with E-state index in [-0.39, 0.29) is 5.91 Å². The van der Waals surface area contributed by atoms with Crippen molar-refractivity contribution < 1.29 is 4.79 Å². The molecule has 3 heteroatoms. The second-order valence-corrected chi connectivity index (χ2v) is 6.10. The van der Waals surface area contributed by atoms with Gasteiger partial charge in [-0.2, -0.15) is 0 Å². The first-order chi connectivity index (χ1) is 10.9. The van der Waals surface area contributed by atoms with E-state index in [9.17, 15) is 4.79 Å². The third-order valence-corrected chi connectivity index (χ3v) is 4.20. The Bertz CT molecular complexity index is 860. The van der Waals surface area contributed by atoms with Crippen LogP contribution in [0.1, 0.15) is 33.4 Å². The number of amides is 1. The van der Waals surface area contributed by atoms with Crippen LogP contribution in [0.15, 0.2) is 47.1 Å². The molecule has 3 nitrogen and oxygen atoms in total. The average Bonchev–Trinajstić information content (AvgIpc) is 2.87. The van der Waals surface area contributed by atoms with Crippen LogP contribution < -0.4 is 5.32 Å². The van der Waals surface area contributed by atoms with E-state index < -0.39 is 0 Å². The summed E-state index contributed by atoms with van der Waals surface area (Å²) in [5.74, 6) is 0.466. The Morgan fingerprint density at radius 3 is 2.39 bits per heavy atom. The lowest BCUT2D eigenvalue weighted by atomic mass is 10.0. The van der Waals surface area contributed by atoms with Crippen LogP contribution in [0.3, 0.4) is 0 Å². The maximum Gasteiger partial charge on any atom is 0.275 e. The second kappa shape index (κ2) is 5.84. The molecule has 1 amide bonds. The van der Waals surface area contributed by atoms with Crippen LogP contribution in [-0.4, -0.2) is 11.7 Å². The highest BCUT2D eigenvalue weighted by molar-refractivity contribution is 6.19. The first kappa shape index (κ1) is 15.2. The highest BCUT2D eigenvalue weighted by atomic mass is 16.2. The highest BCUT2D eigenvalue weighted by Crippen LogP contribution is 2.19. The van der Waals surface area contributed by atoms with Crippen molar-refractivity contribution in [3.05, 3.63) is 75.5 Å². The summed E-state index contributed by atoms with van der Waals surface area (Å²) in [7, 11) is 0. The number of rotatable bonds is 2. The van der Waals surface area contributed by atoms with Crippen molar-refractivity contribution in [2.24, 2.45) is 4.99 Å². The summed E-state index contributed by atoms with van der Waals surface area (Å²) in [5, 5.41) is 2.86. The molecule has 2 aromatic carbocycles. The molecule has 1 N–H and O–H groups in total. The number of benzene rings is 2. The van der Waals surface area contributed by atoms with Gasteiger partial charge in [0.25, 0.3) is 5.91 Å². The fraction of sp³-hybridized carbons (Fsp3) is 0.200. The van der Waals surface area contributed by atoms with Gasteiger partial charge in [-0.1, -0.05) is 35.9 Å². The van der Waals surface area contributed by atoms with Crippen molar-refractivity contribution >= 4 is 17.8 Å². The minimum atomic E-state index is -0.154. The molecule has 0 fully saturated rings. The van der Waals surface area contributed by atoms with E-state index in [0.717, 1.165) is 16.7 Å². The molecule has 116 valence electrons. The van der Waals surface area contributed by atoms with E-state index in [2.05, 4.69) is 48.4 Å².